The van der Waals surface area contributed by atoms with Gasteiger partial charge in [0.2, 0.25) is 5.88 Å². The first-order valence-corrected chi connectivity index (χ1v) is 24.2. The second-order valence-electron chi connectivity index (χ2n) is 17.0. The molecule has 0 saturated heterocycles. The molecule has 0 fully saturated rings. The molecule has 0 radical (unpaired) electrons. The summed E-state index contributed by atoms with van der Waals surface area (Å²) < 4.78 is 39.7. The molecular weight excluding hydrogens is 1010 g/mol. The van der Waals surface area contributed by atoms with Crippen LogP contribution in [-0.4, -0.2) is 97.7 Å². The van der Waals surface area contributed by atoms with Crippen LogP contribution in [0.1, 0.15) is 37.0 Å². The normalized spacial score (nSPS) is 12.4. The van der Waals surface area contributed by atoms with E-state index in [1.165, 1.54) is 47.0 Å². The monoisotopic (exact) mass is 1060 g/mol. The number of aromatic hydroxyl groups is 3. The highest BCUT2D eigenvalue weighted by atomic mass is 32.2. The average Bonchev–Trinajstić information content (AvgIpc) is 3.35. The highest BCUT2D eigenvalue weighted by Crippen LogP contribution is 2.43. The fourth-order valence-corrected chi connectivity index (χ4v) is 7.62. The molecule has 3 aromatic carbocycles. The summed E-state index contributed by atoms with van der Waals surface area (Å²) in [6, 6.07) is 20.5. The number of aryl methyl sites for hydroxylation is 1. The van der Waals surface area contributed by atoms with Crippen LogP contribution in [0.3, 0.4) is 0 Å². The molecule has 26 heteroatoms. The zero-order valence-electron chi connectivity index (χ0n) is 41.9. The lowest BCUT2D eigenvalue weighted by Crippen LogP contribution is -2.40. The number of benzene rings is 3. The Morgan fingerprint density at radius 2 is 1.22 bits per heavy atom. The Balaban J connectivity index is 0.000000797. The topological polar surface area (TPSA) is 376 Å². The molecule has 7 rings (SSSR count). The van der Waals surface area contributed by atoms with Crippen molar-refractivity contribution in [2.24, 2.45) is 30.7 Å². The first-order chi connectivity index (χ1) is 35.8. The number of aromatic nitrogens is 4. The molecule has 0 saturated carbocycles. The number of carboxylic acids is 2. The van der Waals surface area contributed by atoms with Gasteiger partial charge in [0.05, 0.1) is 28.2 Å². The number of nitrogens with one attached hydrogen (secondary N) is 1. The minimum Gasteiger partial charge on any atom is -0.844 e. The number of hydrogen-bond donors (Lipinski definition) is 7. The largest absolute Gasteiger partial charge is 0.844 e. The van der Waals surface area contributed by atoms with Gasteiger partial charge in [-0.05, 0) is 114 Å². The van der Waals surface area contributed by atoms with Crippen molar-refractivity contribution in [1.29, 1.82) is 0 Å². The summed E-state index contributed by atoms with van der Waals surface area (Å²) in [6.07, 6.45) is 4.55. The van der Waals surface area contributed by atoms with Crippen LogP contribution in [0, 0.1) is 20.8 Å². The van der Waals surface area contributed by atoms with Gasteiger partial charge in [0.25, 0.3) is 44.9 Å². The van der Waals surface area contributed by atoms with Gasteiger partial charge in [0.15, 0.2) is 41.9 Å². The van der Waals surface area contributed by atoms with Crippen LogP contribution < -0.4 is 30.5 Å². The molecule has 0 aliphatic heterocycles. The molecule has 2 unspecified atom stereocenters. The second-order valence-corrected chi connectivity index (χ2v) is 18.4. The van der Waals surface area contributed by atoms with E-state index in [0.717, 1.165) is 25.5 Å². The minimum atomic E-state index is -4.92. The number of rotatable bonds is 15. The Morgan fingerprint density at radius 1 is 0.711 bits per heavy atom. The molecule has 4 heterocycles. The van der Waals surface area contributed by atoms with Crippen molar-refractivity contribution in [2.75, 3.05) is 20.6 Å². The molecule has 0 spiro atoms. The van der Waals surface area contributed by atoms with Crippen LogP contribution in [0.15, 0.2) is 149 Å². The molecule has 7 aromatic rings. The van der Waals surface area contributed by atoms with E-state index >= 15 is 0 Å². The molecule has 0 amide bonds. The maximum atomic E-state index is 13.6. The zero-order chi connectivity index (χ0) is 56.2. The van der Waals surface area contributed by atoms with Crippen molar-refractivity contribution < 1.29 is 67.4 Å². The third kappa shape index (κ3) is 14.6. The molecule has 2 atom stereocenters. The van der Waals surface area contributed by atoms with Gasteiger partial charge in [0.1, 0.15) is 10.6 Å². The summed E-state index contributed by atoms with van der Waals surface area (Å²) in [4.78, 5) is 48.9. The number of H-pyrrole nitrogens is 1. The fourth-order valence-electron chi connectivity index (χ4n) is 6.96. The number of fused-ring (bicyclic) bond motifs is 1. The van der Waals surface area contributed by atoms with Crippen molar-refractivity contribution in [1.82, 2.24) is 14.5 Å². The third-order valence-electron chi connectivity index (χ3n) is 10.8. The number of phenols is 1. The number of aliphatic carboxylic acids is 2. The Kier molecular flexibility index (Phi) is 19.3. The lowest BCUT2D eigenvalue weighted by molar-refractivity contribution is -0.597. The smallest absolute Gasteiger partial charge is 0.326 e. The summed E-state index contributed by atoms with van der Waals surface area (Å²) in [7, 11) is -1.09. The number of carbonyl (C=O) groups is 2. The third-order valence-corrected chi connectivity index (χ3v) is 11.7. The van der Waals surface area contributed by atoms with Crippen LogP contribution in [-0.2, 0) is 26.3 Å². The zero-order valence-corrected chi connectivity index (χ0v) is 42.7. The summed E-state index contributed by atoms with van der Waals surface area (Å²) in [5, 5.41) is 93.3. The van der Waals surface area contributed by atoms with E-state index in [4.69, 9.17) is 10.2 Å². The molecule has 7 N–H and O–H groups in total. The standard InChI is InChI=1S/C44H41N11O8S.2C3H5O3/c1-26-11-9-21-54(25-26)38-27(2)35(41(57)45-42(38)58)49-48-32-13-12-29-23-34(64(61,62)63)37(40(56)33(29)24-32)51-47-31-16-14-30(15-17-31)46-50-36-28(3)39(53-19-7-6-8-20-53)44(60)55(43(36)59)22-10-18-52(4)5;2*1-2(4)3(5)6/h6-9,11-17,19-21,23-25H,10,18,22H2,1-5H3,(H3-2,45,46,47,48,49,50,51,56,57,58,59,60,61,62,63);2*2H,1H3,(H,5,6)/q;2*-1/p+2. The van der Waals surface area contributed by atoms with Crippen LogP contribution in [0.4, 0.5) is 34.1 Å². The maximum absolute atomic E-state index is 13.6. The molecule has 0 aliphatic rings. The molecule has 4 aromatic heterocycles. The molecular formula is C50H53N11O14S. The maximum Gasteiger partial charge on any atom is 0.326 e. The SMILES string of the molecule is CC([O-])C(=O)O.CC([O-])C(=O)O.Cc1ccc[n+](-c2c(O)[nH]c(=O)c(N=Nc3ccc4cc(S(=O)(=O)O)c(N=Nc5ccc(N=Nc6c(C)c(-[n+]7ccccc7)c(=O)n(CCCN(C)C)c6O)cc5)c(O)c4c3)c2C)c1. The molecule has 76 heavy (non-hydrogen) atoms. The minimum absolute atomic E-state index is 0.0808. The van der Waals surface area contributed by atoms with Crippen molar-refractivity contribution in [3.8, 4) is 28.9 Å². The summed E-state index contributed by atoms with van der Waals surface area (Å²) >= 11 is 0. The van der Waals surface area contributed by atoms with Crippen molar-refractivity contribution in [3.05, 3.63) is 141 Å². The van der Waals surface area contributed by atoms with E-state index in [1.54, 1.807) is 66.0 Å². The highest BCUT2D eigenvalue weighted by molar-refractivity contribution is 7.86. The Hall–Kier alpha value is -8.95. The van der Waals surface area contributed by atoms with Gasteiger partial charge in [-0.2, -0.15) is 32.9 Å². The van der Waals surface area contributed by atoms with E-state index in [2.05, 4.69) is 35.7 Å². The first kappa shape index (κ1) is 57.9. The predicted octanol–water partition coefficient (Wildman–Crippen LogP) is 5.37. The number of pyridine rings is 4. The lowest BCUT2D eigenvalue weighted by Gasteiger charge is -2.14. The van der Waals surface area contributed by atoms with Crippen LogP contribution in [0.25, 0.3) is 22.1 Å². The average molecular weight is 1060 g/mol. The van der Waals surface area contributed by atoms with Crippen molar-refractivity contribution in [3.63, 3.8) is 0 Å². The Bertz CT molecular complexity index is 3580. The number of azo groups is 3. The number of carboxylic acid groups (broad SMARTS) is 2. The van der Waals surface area contributed by atoms with E-state index in [1.807, 2.05) is 38.1 Å². The number of phenolic OH excluding ortho intramolecular Hbond substituents is 1. The molecule has 0 bridgehead atoms. The van der Waals surface area contributed by atoms with Crippen molar-refractivity contribution >= 4 is 67.0 Å². The van der Waals surface area contributed by atoms with Crippen LogP contribution >= 0.6 is 0 Å². The van der Waals surface area contributed by atoms with Crippen LogP contribution in [0.5, 0.6) is 17.5 Å². The first-order valence-electron chi connectivity index (χ1n) is 22.7. The van der Waals surface area contributed by atoms with Gasteiger partial charge >= 0.3 is 5.56 Å². The van der Waals surface area contributed by atoms with Gasteiger partial charge in [-0.25, -0.2) is 0 Å². The van der Waals surface area contributed by atoms with E-state index in [9.17, 15) is 57.7 Å². The van der Waals surface area contributed by atoms with Gasteiger partial charge < -0.3 is 40.6 Å². The quantitative estimate of drug-likeness (QED) is 0.0385. The van der Waals surface area contributed by atoms with Crippen LogP contribution in [0.2, 0.25) is 0 Å². The molecule has 25 nitrogen and oxygen atoms in total. The lowest BCUT2D eigenvalue weighted by atomic mass is 10.1. The highest BCUT2D eigenvalue weighted by Gasteiger charge is 2.27. The van der Waals surface area contributed by atoms with E-state index < -0.39 is 56.2 Å². The number of aromatic amines is 1. The van der Waals surface area contributed by atoms with Crippen molar-refractivity contribution in [2.45, 2.75) is 64.7 Å². The Morgan fingerprint density at radius 3 is 1.76 bits per heavy atom. The summed E-state index contributed by atoms with van der Waals surface area (Å²) in [5.74, 6) is -3.92. The second kappa shape index (κ2) is 25.3. The van der Waals surface area contributed by atoms with Gasteiger partial charge in [-0.15, -0.1) is 15.3 Å². The summed E-state index contributed by atoms with van der Waals surface area (Å²) in [6.45, 7) is 8.25. The van der Waals surface area contributed by atoms with Gasteiger partial charge in [0, 0.05) is 35.7 Å². The fraction of sp³-hybridized carbons (Fsp3) is 0.240. The van der Waals surface area contributed by atoms with E-state index in [0.29, 0.717) is 41.2 Å². The van der Waals surface area contributed by atoms with Gasteiger partial charge in [-0.3, -0.25) is 33.3 Å². The van der Waals surface area contributed by atoms with Gasteiger partial charge in [-0.1, -0.05) is 26.0 Å². The van der Waals surface area contributed by atoms with E-state index in [-0.39, 0.29) is 57.4 Å². The Labute approximate surface area is 433 Å². The number of hydrogen-bond acceptors (Lipinski definition) is 18. The molecule has 398 valence electrons. The number of nitrogens with zero attached hydrogens (tertiary/aromatic N) is 10. The predicted molar refractivity (Wildman–Crippen MR) is 270 cm³/mol. The summed E-state index contributed by atoms with van der Waals surface area (Å²) in [5.41, 5.74) is 1.32. The molecule has 0 aliphatic carbocycles.